The molecule has 3 aromatic rings. The number of carbonyl (C=O) groups is 3. The fourth-order valence-corrected chi connectivity index (χ4v) is 4.74. The molecule has 0 aliphatic heterocycles. The molecule has 1 heterocycles. The molecule has 10 nitrogen and oxygen atoms in total. The second-order valence-electron chi connectivity index (χ2n) is 8.24. The Morgan fingerprint density at radius 1 is 1.17 bits per heavy atom. The molecule has 2 N–H and O–H groups in total. The van der Waals surface area contributed by atoms with E-state index in [2.05, 4.69) is 45.9 Å². The summed E-state index contributed by atoms with van der Waals surface area (Å²) in [5.41, 5.74) is 4.43. The van der Waals surface area contributed by atoms with Gasteiger partial charge >= 0.3 is 12.1 Å². The summed E-state index contributed by atoms with van der Waals surface area (Å²) in [5, 5.41) is 24.1. The van der Waals surface area contributed by atoms with Gasteiger partial charge in [0.25, 0.3) is 0 Å². The molecule has 4 rings (SSSR count). The zero-order chi connectivity index (χ0) is 25.5. The molecular formula is C25H25N5O5S. The normalized spacial score (nSPS) is 13.3. The summed E-state index contributed by atoms with van der Waals surface area (Å²) in [5.74, 6) is -1.82. The maximum Gasteiger partial charge on any atom is 0.408 e. The Morgan fingerprint density at radius 3 is 2.75 bits per heavy atom. The van der Waals surface area contributed by atoms with Gasteiger partial charge in [-0.2, -0.15) is 4.80 Å². The van der Waals surface area contributed by atoms with Crippen LogP contribution in [0.25, 0.3) is 4.91 Å². The van der Waals surface area contributed by atoms with E-state index in [1.807, 2.05) is 12.1 Å². The Morgan fingerprint density at radius 2 is 1.97 bits per heavy atom. The Bertz CT molecular complexity index is 1290. The minimum atomic E-state index is -1.30. The zero-order valence-corrected chi connectivity index (χ0v) is 20.4. The molecule has 1 aliphatic rings. The first kappa shape index (κ1) is 25.1. The monoisotopic (exact) mass is 507 g/mol. The molecule has 0 radical (unpaired) electrons. The van der Waals surface area contributed by atoms with Gasteiger partial charge in [0, 0.05) is 4.91 Å². The molecule has 0 spiro atoms. The molecule has 2 aromatic carbocycles. The largest absolute Gasteiger partial charge is 0.481 e. The number of aromatic nitrogens is 4. The number of benzene rings is 2. The Labute approximate surface area is 211 Å². The van der Waals surface area contributed by atoms with E-state index >= 15 is 0 Å². The van der Waals surface area contributed by atoms with E-state index in [0.29, 0.717) is 5.16 Å². The van der Waals surface area contributed by atoms with Gasteiger partial charge in [-0.1, -0.05) is 54.6 Å². The van der Waals surface area contributed by atoms with Gasteiger partial charge in [0.1, 0.15) is 19.2 Å². The number of tetrazole rings is 1. The minimum Gasteiger partial charge on any atom is -0.481 e. The van der Waals surface area contributed by atoms with Crippen molar-refractivity contribution in [3.63, 3.8) is 0 Å². The summed E-state index contributed by atoms with van der Waals surface area (Å²) in [7, 11) is 0. The van der Waals surface area contributed by atoms with Crippen LogP contribution in [0.1, 0.15) is 35.1 Å². The number of Topliss-reactive ketones (excluding diaryl/α,β-unsaturated/α-hetero) is 1. The van der Waals surface area contributed by atoms with Gasteiger partial charge in [-0.05, 0) is 59.0 Å². The number of nitrogens with one attached hydrogen (secondary N) is 1. The smallest absolute Gasteiger partial charge is 0.408 e. The van der Waals surface area contributed by atoms with Gasteiger partial charge in [-0.25, -0.2) is 4.79 Å². The van der Waals surface area contributed by atoms with Gasteiger partial charge in [-0.3, -0.25) is 9.59 Å². The average Bonchev–Trinajstić information content (AvgIpc) is 3.30. The van der Waals surface area contributed by atoms with Crippen molar-refractivity contribution in [3.05, 3.63) is 76.9 Å². The maximum atomic E-state index is 12.8. The highest BCUT2D eigenvalue weighted by molar-refractivity contribution is 8.08. The summed E-state index contributed by atoms with van der Waals surface area (Å²) < 4.78 is 5.11. The Kier molecular flexibility index (Phi) is 8.11. The van der Waals surface area contributed by atoms with E-state index in [-0.39, 0.29) is 13.2 Å². The van der Waals surface area contributed by atoms with E-state index in [1.54, 1.807) is 24.3 Å². The molecule has 186 valence electrons. The van der Waals surface area contributed by atoms with Crippen LogP contribution < -0.4 is 5.32 Å². The van der Waals surface area contributed by atoms with Crippen LogP contribution in [0, 0.1) is 6.92 Å². The van der Waals surface area contributed by atoms with Crippen LogP contribution in [0.15, 0.2) is 59.8 Å². The lowest BCUT2D eigenvalue weighted by Gasteiger charge is -2.18. The van der Waals surface area contributed by atoms with Crippen molar-refractivity contribution < 1.29 is 24.2 Å². The number of aliphatic carboxylic acids is 1. The van der Waals surface area contributed by atoms with Crippen LogP contribution >= 0.6 is 11.8 Å². The van der Waals surface area contributed by atoms with Crippen LogP contribution in [0.4, 0.5) is 4.79 Å². The van der Waals surface area contributed by atoms with Crippen LogP contribution in [0.3, 0.4) is 0 Å². The number of carboxylic acid groups (broad SMARTS) is 1. The van der Waals surface area contributed by atoms with Crippen molar-refractivity contribution in [3.8, 4) is 0 Å². The number of carbonyl (C=O) groups excluding carboxylic acids is 2. The molecule has 1 aromatic heterocycles. The third-order valence-electron chi connectivity index (χ3n) is 5.61. The Balaban J connectivity index is 1.36. The number of ketones is 1. The van der Waals surface area contributed by atoms with Gasteiger partial charge in [-0.15, -0.1) is 10.2 Å². The summed E-state index contributed by atoms with van der Waals surface area (Å²) in [4.78, 5) is 38.3. The van der Waals surface area contributed by atoms with Crippen molar-refractivity contribution in [2.24, 2.45) is 0 Å². The number of hydrogen-bond acceptors (Lipinski definition) is 8. The molecule has 0 bridgehead atoms. The number of alkyl carbamates (subject to hydrolysis) is 1. The standard InChI is InChI=1S/C25H25N5O5S/c1-16-7-5-11-19-18(16)10-6-12-22(19)36-24-27-29-30(28-24)14-21(31)20(13-23(32)33)26-25(34)35-15-17-8-3-2-4-9-17/h2-5,7-9,11-12,20H,6,10,13-15H2,1H3,(H,26,34)(H,32,33). The van der Waals surface area contributed by atoms with Crippen molar-refractivity contribution in [2.75, 3.05) is 0 Å². The molecule has 1 amide bonds. The second-order valence-corrected chi connectivity index (χ2v) is 9.24. The molecule has 11 heteroatoms. The first-order chi connectivity index (χ1) is 17.4. The number of hydrogen-bond donors (Lipinski definition) is 2. The Hall–Kier alpha value is -3.99. The van der Waals surface area contributed by atoms with E-state index in [0.717, 1.165) is 33.7 Å². The van der Waals surface area contributed by atoms with Crippen molar-refractivity contribution in [1.82, 2.24) is 25.5 Å². The fraction of sp³-hybridized carbons (Fsp3) is 0.280. The molecule has 36 heavy (non-hydrogen) atoms. The van der Waals surface area contributed by atoms with Crippen LogP contribution in [-0.4, -0.2) is 49.2 Å². The lowest BCUT2D eigenvalue weighted by molar-refractivity contribution is -0.139. The highest BCUT2D eigenvalue weighted by Crippen LogP contribution is 2.38. The van der Waals surface area contributed by atoms with E-state index < -0.39 is 30.3 Å². The molecule has 1 unspecified atom stereocenters. The van der Waals surface area contributed by atoms with E-state index in [9.17, 15) is 19.5 Å². The maximum absolute atomic E-state index is 12.8. The lowest BCUT2D eigenvalue weighted by atomic mass is 9.93. The first-order valence-corrected chi connectivity index (χ1v) is 12.2. The topological polar surface area (TPSA) is 136 Å². The van der Waals surface area contributed by atoms with Gasteiger partial charge in [0.2, 0.25) is 5.16 Å². The number of rotatable bonds is 10. The van der Waals surface area contributed by atoms with Crippen molar-refractivity contribution in [2.45, 2.75) is 50.5 Å². The number of fused-ring (bicyclic) bond motifs is 1. The number of carboxylic acids is 1. The van der Waals surface area contributed by atoms with E-state index in [1.165, 1.54) is 22.9 Å². The number of thioether (sulfide) groups is 1. The van der Waals surface area contributed by atoms with Crippen LogP contribution in [0.2, 0.25) is 0 Å². The van der Waals surface area contributed by atoms with Crippen LogP contribution in [0.5, 0.6) is 0 Å². The molecule has 0 saturated heterocycles. The third kappa shape index (κ3) is 6.57. The molecule has 0 fully saturated rings. The highest BCUT2D eigenvalue weighted by Gasteiger charge is 2.26. The molecule has 0 saturated carbocycles. The van der Waals surface area contributed by atoms with E-state index in [4.69, 9.17) is 4.74 Å². The van der Waals surface area contributed by atoms with Crippen molar-refractivity contribution in [1.29, 1.82) is 0 Å². The average molecular weight is 508 g/mol. The predicted octanol–water partition coefficient (Wildman–Crippen LogP) is 3.40. The third-order valence-corrected chi connectivity index (χ3v) is 6.56. The number of ether oxygens (including phenoxy) is 1. The zero-order valence-electron chi connectivity index (χ0n) is 19.6. The second kappa shape index (κ2) is 11.6. The summed E-state index contributed by atoms with van der Waals surface area (Å²) in [6.07, 6.45) is 2.53. The predicted molar refractivity (Wildman–Crippen MR) is 132 cm³/mol. The lowest BCUT2D eigenvalue weighted by Crippen LogP contribution is -2.44. The fourth-order valence-electron chi connectivity index (χ4n) is 3.83. The SMILES string of the molecule is Cc1cccc2c1CCC=C2Sc1nnn(CC(=O)C(CC(=O)O)NC(=O)OCc2ccccc2)n1. The summed E-state index contributed by atoms with van der Waals surface area (Å²) in [6, 6.07) is 13.9. The van der Waals surface area contributed by atoms with Crippen molar-refractivity contribution >= 4 is 34.5 Å². The summed E-state index contributed by atoms with van der Waals surface area (Å²) >= 11 is 1.36. The number of amides is 1. The van der Waals surface area contributed by atoms with Crippen LogP contribution in [-0.2, 0) is 33.9 Å². The van der Waals surface area contributed by atoms with Gasteiger partial charge < -0.3 is 15.2 Å². The number of allylic oxidation sites excluding steroid dienone is 1. The number of nitrogens with zero attached hydrogens (tertiary/aromatic N) is 4. The highest BCUT2D eigenvalue weighted by atomic mass is 32.2. The number of aryl methyl sites for hydroxylation is 1. The molecule has 1 aliphatic carbocycles. The van der Waals surface area contributed by atoms with Gasteiger partial charge in [0.15, 0.2) is 5.78 Å². The summed E-state index contributed by atoms with van der Waals surface area (Å²) in [6.45, 7) is 1.73. The van der Waals surface area contributed by atoms with Gasteiger partial charge in [0.05, 0.1) is 6.42 Å². The minimum absolute atomic E-state index is 0.00955. The first-order valence-electron chi connectivity index (χ1n) is 11.4. The molecular weight excluding hydrogens is 482 g/mol. The quantitative estimate of drug-likeness (QED) is 0.423. The molecule has 1 atom stereocenters.